The number of oxime groups is 1. The smallest absolute Gasteiger partial charge is 0.175 e. The van der Waals surface area contributed by atoms with E-state index in [0.717, 1.165) is 16.7 Å². The summed E-state index contributed by atoms with van der Waals surface area (Å²) < 4.78 is 12.4. The van der Waals surface area contributed by atoms with Crippen LogP contribution >= 0.6 is 39.1 Å². The molecule has 5 nitrogen and oxygen atoms in total. The van der Waals surface area contributed by atoms with Crippen LogP contribution in [0.1, 0.15) is 29.2 Å². The monoisotopic (exact) mass is 532 g/mol. The molecule has 3 aromatic rings. The Balaban J connectivity index is 1.71. The quantitative estimate of drug-likeness (QED) is 0.216. The second kappa shape index (κ2) is 11.8. The minimum Gasteiger partial charge on any atom is -0.490 e. The van der Waals surface area contributed by atoms with Crippen molar-refractivity contribution in [1.29, 1.82) is 5.26 Å². The van der Waals surface area contributed by atoms with Crippen LogP contribution < -0.4 is 9.47 Å². The molecule has 0 saturated heterocycles. The third-order valence-electron chi connectivity index (χ3n) is 4.35. The Morgan fingerprint density at radius 2 is 1.84 bits per heavy atom. The summed E-state index contributed by atoms with van der Waals surface area (Å²) in [6, 6.07) is 18.3. The fraction of sp³-hybridized carbons (Fsp3) is 0.167. The predicted molar refractivity (Wildman–Crippen MR) is 130 cm³/mol. The van der Waals surface area contributed by atoms with Crippen LogP contribution in [0.3, 0.4) is 0 Å². The van der Waals surface area contributed by atoms with Gasteiger partial charge in [0.2, 0.25) is 0 Å². The summed E-state index contributed by atoms with van der Waals surface area (Å²) in [7, 11) is 0. The number of benzene rings is 3. The maximum atomic E-state index is 9.15. The minimum atomic E-state index is 0.197. The van der Waals surface area contributed by atoms with Crippen molar-refractivity contribution in [2.45, 2.75) is 20.1 Å². The molecule has 0 aliphatic rings. The lowest BCUT2D eigenvalue weighted by Gasteiger charge is -2.15. The Labute approximate surface area is 205 Å². The van der Waals surface area contributed by atoms with Crippen LogP contribution in [-0.2, 0) is 18.1 Å². The first kappa shape index (κ1) is 23.9. The number of hydrogen-bond acceptors (Lipinski definition) is 5. The minimum absolute atomic E-state index is 0.197. The SMILES string of the molecule is CCOc1cc(/C=N\OCc2ccccc2C#N)cc(Br)c1OCc1ccc(Cl)cc1Cl. The molecule has 0 amide bonds. The first-order chi connectivity index (χ1) is 15.5. The van der Waals surface area contributed by atoms with E-state index in [2.05, 4.69) is 27.2 Å². The average molecular weight is 534 g/mol. The lowest BCUT2D eigenvalue weighted by atomic mass is 10.1. The second-order valence-electron chi connectivity index (χ2n) is 6.56. The van der Waals surface area contributed by atoms with Gasteiger partial charge in [0.25, 0.3) is 0 Å². The molecule has 3 rings (SSSR count). The van der Waals surface area contributed by atoms with Gasteiger partial charge >= 0.3 is 0 Å². The molecule has 0 atom stereocenters. The number of ether oxygens (including phenoxy) is 2. The molecule has 0 unspecified atom stereocenters. The molecule has 0 heterocycles. The summed E-state index contributed by atoms with van der Waals surface area (Å²) in [6.45, 7) is 2.81. The van der Waals surface area contributed by atoms with Crippen LogP contribution in [-0.4, -0.2) is 12.8 Å². The first-order valence-corrected chi connectivity index (χ1v) is 11.2. The second-order valence-corrected chi connectivity index (χ2v) is 8.26. The highest BCUT2D eigenvalue weighted by Gasteiger charge is 2.13. The van der Waals surface area contributed by atoms with E-state index < -0.39 is 0 Å². The van der Waals surface area contributed by atoms with Crippen LogP contribution in [0.15, 0.2) is 64.2 Å². The number of halogens is 3. The van der Waals surface area contributed by atoms with Crippen molar-refractivity contribution >= 4 is 45.3 Å². The van der Waals surface area contributed by atoms with E-state index in [9.17, 15) is 0 Å². The summed E-state index contributed by atoms with van der Waals surface area (Å²) >= 11 is 15.7. The maximum absolute atomic E-state index is 9.15. The van der Waals surface area contributed by atoms with Crippen LogP contribution in [0, 0.1) is 11.3 Å². The molecule has 32 heavy (non-hydrogen) atoms. The van der Waals surface area contributed by atoms with E-state index in [1.54, 1.807) is 24.4 Å². The van der Waals surface area contributed by atoms with Crippen molar-refractivity contribution in [2.75, 3.05) is 6.61 Å². The van der Waals surface area contributed by atoms with Gasteiger partial charge in [-0.05, 0) is 53.2 Å². The fourth-order valence-corrected chi connectivity index (χ4v) is 3.85. The zero-order valence-corrected chi connectivity index (χ0v) is 20.2. The van der Waals surface area contributed by atoms with Crippen molar-refractivity contribution in [3.05, 3.63) is 91.4 Å². The van der Waals surface area contributed by atoms with Crippen molar-refractivity contribution in [2.24, 2.45) is 5.16 Å². The topological polar surface area (TPSA) is 63.8 Å². The Morgan fingerprint density at radius 1 is 1.03 bits per heavy atom. The predicted octanol–water partition coefficient (Wildman–Crippen LogP) is 7.16. The lowest BCUT2D eigenvalue weighted by molar-refractivity contribution is 0.132. The van der Waals surface area contributed by atoms with Gasteiger partial charge in [-0.2, -0.15) is 5.26 Å². The number of nitrogens with zero attached hydrogens (tertiary/aromatic N) is 2. The Hall–Kier alpha value is -2.72. The van der Waals surface area contributed by atoms with Crippen molar-refractivity contribution < 1.29 is 14.3 Å². The van der Waals surface area contributed by atoms with E-state index in [1.807, 2.05) is 43.3 Å². The molecule has 0 saturated carbocycles. The van der Waals surface area contributed by atoms with Gasteiger partial charge in [0.1, 0.15) is 13.2 Å². The van der Waals surface area contributed by atoms with Crippen molar-refractivity contribution in [1.82, 2.24) is 0 Å². The Morgan fingerprint density at radius 3 is 2.59 bits per heavy atom. The molecule has 0 radical (unpaired) electrons. The summed E-state index contributed by atoms with van der Waals surface area (Å²) in [5.41, 5.74) is 2.90. The zero-order chi connectivity index (χ0) is 22.9. The summed E-state index contributed by atoms with van der Waals surface area (Å²) in [5, 5.41) is 14.3. The van der Waals surface area contributed by atoms with E-state index in [4.69, 9.17) is 42.8 Å². The van der Waals surface area contributed by atoms with E-state index >= 15 is 0 Å². The van der Waals surface area contributed by atoms with E-state index in [1.165, 1.54) is 0 Å². The Kier molecular flexibility index (Phi) is 8.81. The van der Waals surface area contributed by atoms with E-state index in [0.29, 0.717) is 38.2 Å². The summed E-state index contributed by atoms with van der Waals surface area (Å²) in [6.07, 6.45) is 1.57. The molecule has 0 fully saturated rings. The van der Waals surface area contributed by atoms with Gasteiger partial charge in [-0.15, -0.1) is 0 Å². The van der Waals surface area contributed by atoms with Crippen LogP contribution in [0.2, 0.25) is 10.0 Å². The van der Waals surface area contributed by atoms with E-state index in [-0.39, 0.29) is 13.2 Å². The van der Waals surface area contributed by atoms with Crippen molar-refractivity contribution in [3.63, 3.8) is 0 Å². The molecule has 3 aromatic carbocycles. The van der Waals surface area contributed by atoms with Crippen molar-refractivity contribution in [3.8, 4) is 17.6 Å². The van der Waals surface area contributed by atoms with Gasteiger partial charge in [-0.1, -0.05) is 52.6 Å². The lowest BCUT2D eigenvalue weighted by Crippen LogP contribution is -2.02. The largest absolute Gasteiger partial charge is 0.490 e. The molecule has 164 valence electrons. The normalized spacial score (nSPS) is 10.7. The summed E-state index contributed by atoms with van der Waals surface area (Å²) in [4.78, 5) is 5.37. The number of hydrogen-bond donors (Lipinski definition) is 0. The highest BCUT2D eigenvalue weighted by Crippen LogP contribution is 2.37. The van der Waals surface area contributed by atoms with Crippen LogP contribution in [0.5, 0.6) is 11.5 Å². The summed E-state index contributed by atoms with van der Waals surface area (Å²) in [5.74, 6) is 1.11. The van der Waals surface area contributed by atoms with Gasteiger partial charge in [0, 0.05) is 26.7 Å². The standard InChI is InChI=1S/C24H19BrCl2N2O3/c1-2-30-23-10-16(13-29-32-15-18-6-4-3-5-17(18)12-28)9-21(25)24(23)31-14-19-7-8-20(26)11-22(19)27/h3-11,13H,2,14-15H2,1H3/b29-13-. The molecule has 0 N–H and O–H groups in total. The van der Waals surface area contributed by atoms with Crippen LogP contribution in [0.4, 0.5) is 0 Å². The number of nitriles is 1. The van der Waals surface area contributed by atoms with Gasteiger partial charge in [0.05, 0.1) is 28.9 Å². The van der Waals surface area contributed by atoms with Gasteiger partial charge < -0.3 is 14.3 Å². The Bertz CT molecular complexity index is 1160. The molecular weight excluding hydrogens is 515 g/mol. The van der Waals surface area contributed by atoms with Gasteiger partial charge in [0.15, 0.2) is 11.5 Å². The molecule has 0 aromatic heterocycles. The molecule has 8 heteroatoms. The molecule has 0 spiro atoms. The fourth-order valence-electron chi connectivity index (χ4n) is 2.81. The third kappa shape index (κ3) is 6.39. The zero-order valence-electron chi connectivity index (χ0n) is 17.1. The third-order valence-corrected chi connectivity index (χ3v) is 5.53. The first-order valence-electron chi connectivity index (χ1n) is 9.68. The maximum Gasteiger partial charge on any atom is 0.175 e. The highest BCUT2D eigenvalue weighted by molar-refractivity contribution is 9.10. The molecule has 0 aliphatic carbocycles. The van der Waals surface area contributed by atoms with Crippen LogP contribution in [0.25, 0.3) is 0 Å². The highest BCUT2D eigenvalue weighted by atomic mass is 79.9. The van der Waals surface area contributed by atoms with Gasteiger partial charge in [-0.25, -0.2) is 0 Å². The molecule has 0 aliphatic heterocycles. The average Bonchev–Trinajstić information content (AvgIpc) is 2.78. The molecule has 0 bridgehead atoms. The van der Waals surface area contributed by atoms with Gasteiger partial charge in [-0.3, -0.25) is 0 Å². The molecular formula is C24H19BrCl2N2O3. The number of rotatable bonds is 9.